The van der Waals surface area contributed by atoms with Crippen molar-refractivity contribution >= 4 is 11.7 Å². The summed E-state index contributed by atoms with van der Waals surface area (Å²) in [5, 5.41) is 22.3. The lowest BCUT2D eigenvalue weighted by Gasteiger charge is -2.41. The standard InChI is InChI=1S/C13H15NO4/c15-7-1-2-8-11(5-7)14-10-3-4-18-6-9(10)12(8)13(16)17/h1-2,5,9-10,12,14-15H,3-4,6H2,(H,16,17). The largest absolute Gasteiger partial charge is 0.508 e. The summed E-state index contributed by atoms with van der Waals surface area (Å²) in [6.07, 6.45) is 0.795. The van der Waals surface area contributed by atoms with Crippen LogP contribution in [-0.2, 0) is 9.53 Å². The van der Waals surface area contributed by atoms with E-state index in [-0.39, 0.29) is 17.7 Å². The number of benzene rings is 1. The van der Waals surface area contributed by atoms with Crippen LogP contribution in [0.4, 0.5) is 5.69 Å². The third-order valence-corrected chi connectivity index (χ3v) is 3.81. The molecule has 2 aliphatic rings. The molecule has 0 aromatic heterocycles. The predicted molar refractivity (Wildman–Crippen MR) is 64.8 cm³/mol. The van der Waals surface area contributed by atoms with Gasteiger partial charge in [0.25, 0.3) is 0 Å². The fourth-order valence-corrected chi connectivity index (χ4v) is 2.95. The first kappa shape index (κ1) is 11.3. The van der Waals surface area contributed by atoms with Crippen molar-refractivity contribution in [3.05, 3.63) is 23.8 Å². The third-order valence-electron chi connectivity index (χ3n) is 3.81. The van der Waals surface area contributed by atoms with Crippen molar-refractivity contribution in [2.24, 2.45) is 5.92 Å². The fourth-order valence-electron chi connectivity index (χ4n) is 2.95. The van der Waals surface area contributed by atoms with Crippen LogP contribution < -0.4 is 5.32 Å². The number of phenols is 1. The number of phenolic OH excluding ortho intramolecular Hbond substituents is 1. The maximum absolute atomic E-state index is 11.5. The van der Waals surface area contributed by atoms with E-state index in [1.54, 1.807) is 12.1 Å². The highest BCUT2D eigenvalue weighted by molar-refractivity contribution is 5.81. The highest BCUT2D eigenvalue weighted by atomic mass is 16.5. The second-order valence-corrected chi connectivity index (χ2v) is 4.87. The molecule has 0 spiro atoms. The molecular weight excluding hydrogens is 234 g/mol. The van der Waals surface area contributed by atoms with E-state index in [0.717, 1.165) is 17.7 Å². The summed E-state index contributed by atoms with van der Waals surface area (Å²) < 4.78 is 5.41. The Hall–Kier alpha value is -1.75. The number of aromatic hydroxyl groups is 1. The maximum atomic E-state index is 11.5. The average molecular weight is 249 g/mol. The molecule has 5 heteroatoms. The van der Waals surface area contributed by atoms with E-state index in [9.17, 15) is 15.0 Å². The minimum atomic E-state index is -0.830. The van der Waals surface area contributed by atoms with Crippen LogP contribution in [0, 0.1) is 5.92 Å². The van der Waals surface area contributed by atoms with Crippen LogP contribution >= 0.6 is 0 Å². The van der Waals surface area contributed by atoms with Crippen molar-refractivity contribution in [3.8, 4) is 5.75 Å². The van der Waals surface area contributed by atoms with Crippen LogP contribution in [0.25, 0.3) is 0 Å². The Morgan fingerprint density at radius 3 is 3.06 bits per heavy atom. The number of hydrogen-bond donors (Lipinski definition) is 3. The molecule has 1 aromatic rings. The number of anilines is 1. The van der Waals surface area contributed by atoms with Crippen LogP contribution in [0.5, 0.6) is 5.75 Å². The van der Waals surface area contributed by atoms with E-state index in [0.29, 0.717) is 13.2 Å². The SMILES string of the molecule is O=C(O)C1c2ccc(O)cc2NC2CCOCC21. The van der Waals surface area contributed by atoms with E-state index in [4.69, 9.17) is 4.74 Å². The minimum absolute atomic E-state index is 0.0479. The van der Waals surface area contributed by atoms with Crippen molar-refractivity contribution in [3.63, 3.8) is 0 Å². The zero-order valence-electron chi connectivity index (χ0n) is 9.80. The molecule has 3 unspecified atom stereocenters. The minimum Gasteiger partial charge on any atom is -0.508 e. The Labute approximate surface area is 104 Å². The Kier molecular flexibility index (Phi) is 2.63. The van der Waals surface area contributed by atoms with Crippen LogP contribution in [0.2, 0.25) is 0 Å². The van der Waals surface area contributed by atoms with E-state index < -0.39 is 11.9 Å². The second-order valence-electron chi connectivity index (χ2n) is 4.87. The van der Waals surface area contributed by atoms with Crippen LogP contribution in [0.1, 0.15) is 17.9 Å². The molecule has 1 saturated heterocycles. The van der Waals surface area contributed by atoms with Crippen molar-refractivity contribution in [2.75, 3.05) is 18.5 Å². The van der Waals surface area contributed by atoms with Gasteiger partial charge in [0.15, 0.2) is 0 Å². The highest BCUT2D eigenvalue weighted by Gasteiger charge is 2.42. The van der Waals surface area contributed by atoms with Gasteiger partial charge in [-0.2, -0.15) is 0 Å². The first-order valence-electron chi connectivity index (χ1n) is 6.07. The van der Waals surface area contributed by atoms with E-state index in [2.05, 4.69) is 5.32 Å². The fraction of sp³-hybridized carbons (Fsp3) is 0.462. The van der Waals surface area contributed by atoms with E-state index >= 15 is 0 Å². The molecule has 3 N–H and O–H groups in total. The highest BCUT2D eigenvalue weighted by Crippen LogP contribution is 2.42. The Bertz CT molecular complexity index is 488. The molecule has 0 bridgehead atoms. The lowest BCUT2D eigenvalue weighted by Crippen LogP contribution is -2.46. The number of rotatable bonds is 1. The molecule has 1 fully saturated rings. The Morgan fingerprint density at radius 1 is 1.44 bits per heavy atom. The zero-order valence-corrected chi connectivity index (χ0v) is 9.80. The molecule has 3 rings (SSSR count). The lowest BCUT2D eigenvalue weighted by atomic mass is 9.76. The summed E-state index contributed by atoms with van der Waals surface area (Å²) in [4.78, 5) is 11.5. The number of hydrogen-bond acceptors (Lipinski definition) is 4. The van der Waals surface area contributed by atoms with Gasteiger partial charge in [0, 0.05) is 30.3 Å². The van der Waals surface area contributed by atoms with Crippen molar-refractivity contribution in [2.45, 2.75) is 18.4 Å². The molecule has 2 aliphatic heterocycles. The van der Waals surface area contributed by atoms with Gasteiger partial charge in [-0.3, -0.25) is 4.79 Å². The number of carbonyl (C=O) groups is 1. The van der Waals surface area contributed by atoms with Crippen LogP contribution in [0.15, 0.2) is 18.2 Å². The first-order valence-corrected chi connectivity index (χ1v) is 6.07. The van der Waals surface area contributed by atoms with Gasteiger partial charge < -0.3 is 20.3 Å². The maximum Gasteiger partial charge on any atom is 0.311 e. The van der Waals surface area contributed by atoms with Gasteiger partial charge >= 0.3 is 5.97 Å². The summed E-state index contributed by atoms with van der Waals surface area (Å²) in [6, 6.07) is 4.91. The van der Waals surface area contributed by atoms with Gasteiger partial charge in [-0.05, 0) is 18.1 Å². The normalized spacial score (nSPS) is 29.9. The number of ether oxygens (including phenoxy) is 1. The van der Waals surface area contributed by atoms with Gasteiger partial charge in [0.1, 0.15) is 5.75 Å². The monoisotopic (exact) mass is 249 g/mol. The number of nitrogens with one attached hydrogen (secondary N) is 1. The number of fused-ring (bicyclic) bond motifs is 2. The topological polar surface area (TPSA) is 78.8 Å². The van der Waals surface area contributed by atoms with Gasteiger partial charge in [-0.1, -0.05) is 6.07 Å². The molecule has 18 heavy (non-hydrogen) atoms. The molecule has 5 nitrogen and oxygen atoms in total. The summed E-state index contributed by atoms with van der Waals surface area (Å²) in [5.41, 5.74) is 1.46. The number of carboxylic acids is 1. The van der Waals surface area contributed by atoms with Crippen molar-refractivity contribution < 1.29 is 19.7 Å². The molecular formula is C13H15NO4. The quantitative estimate of drug-likeness (QED) is 0.701. The first-order chi connectivity index (χ1) is 8.66. The van der Waals surface area contributed by atoms with E-state index in [1.807, 2.05) is 0 Å². The molecule has 96 valence electrons. The Balaban J connectivity index is 2.06. The third kappa shape index (κ3) is 1.71. The molecule has 0 saturated carbocycles. The molecule has 1 aromatic carbocycles. The summed E-state index contributed by atoms with van der Waals surface area (Å²) in [5.74, 6) is -1.29. The molecule has 0 aliphatic carbocycles. The Morgan fingerprint density at radius 2 is 2.28 bits per heavy atom. The van der Waals surface area contributed by atoms with Gasteiger partial charge in [0.2, 0.25) is 0 Å². The number of carboxylic acid groups (broad SMARTS) is 1. The smallest absolute Gasteiger partial charge is 0.311 e. The zero-order chi connectivity index (χ0) is 12.7. The lowest BCUT2D eigenvalue weighted by molar-refractivity contribution is -0.142. The summed E-state index contributed by atoms with van der Waals surface area (Å²) in [7, 11) is 0. The molecule has 0 radical (unpaired) electrons. The van der Waals surface area contributed by atoms with Gasteiger partial charge in [-0.15, -0.1) is 0 Å². The van der Waals surface area contributed by atoms with Gasteiger partial charge in [-0.25, -0.2) is 0 Å². The molecule has 3 atom stereocenters. The summed E-state index contributed by atoms with van der Waals surface area (Å²) in [6.45, 7) is 1.11. The van der Waals surface area contributed by atoms with Gasteiger partial charge in [0.05, 0.1) is 12.5 Å². The predicted octanol–water partition coefficient (Wildman–Crippen LogP) is 1.39. The average Bonchev–Trinajstić information content (AvgIpc) is 2.35. The second kappa shape index (κ2) is 4.17. The summed E-state index contributed by atoms with van der Waals surface area (Å²) >= 11 is 0. The van der Waals surface area contributed by atoms with E-state index in [1.165, 1.54) is 6.07 Å². The van der Waals surface area contributed by atoms with Crippen molar-refractivity contribution in [1.82, 2.24) is 0 Å². The molecule has 0 amide bonds. The molecule has 2 heterocycles. The van der Waals surface area contributed by atoms with Crippen LogP contribution in [0.3, 0.4) is 0 Å². The van der Waals surface area contributed by atoms with Crippen LogP contribution in [-0.4, -0.2) is 35.4 Å². The number of aliphatic carboxylic acids is 1. The van der Waals surface area contributed by atoms with Crippen molar-refractivity contribution in [1.29, 1.82) is 0 Å².